The minimum absolute atomic E-state index is 0.00540. The summed E-state index contributed by atoms with van der Waals surface area (Å²) in [5, 5.41) is 20.5. The highest BCUT2D eigenvalue weighted by Gasteiger charge is 2.21. The van der Waals surface area contributed by atoms with E-state index in [2.05, 4.69) is 11.7 Å². The van der Waals surface area contributed by atoms with E-state index in [0.29, 0.717) is 17.5 Å². The average Bonchev–Trinajstić information content (AvgIpc) is 3.11. The maximum Gasteiger partial charge on any atom is 0.305 e. The van der Waals surface area contributed by atoms with Gasteiger partial charge in [0.15, 0.2) is 0 Å². The van der Waals surface area contributed by atoms with Crippen LogP contribution in [0.15, 0.2) is 107 Å². The molecule has 258 valence electrons. The summed E-state index contributed by atoms with van der Waals surface area (Å²) in [6, 6.07) is 26.7. The van der Waals surface area contributed by atoms with Crippen molar-refractivity contribution in [2.24, 2.45) is 0 Å². The second kappa shape index (κ2) is 21.0. The molecule has 0 radical (unpaired) electrons. The molecule has 0 aliphatic heterocycles. The Hall–Kier alpha value is -4.10. The Morgan fingerprint density at radius 2 is 0.938 bits per heavy atom. The Morgan fingerprint density at radius 1 is 0.562 bits per heavy atom. The third kappa shape index (κ3) is 12.5. The van der Waals surface area contributed by atoms with Crippen LogP contribution in [0.2, 0.25) is 0 Å². The molecule has 0 amide bonds. The van der Waals surface area contributed by atoms with E-state index in [-0.39, 0.29) is 27.3 Å². The molecule has 4 aromatic carbocycles. The number of phenolic OH excluding ortho intramolecular Hbond substituents is 2. The molecule has 6 nitrogen and oxygen atoms in total. The fourth-order valence-electron chi connectivity index (χ4n) is 5.59. The van der Waals surface area contributed by atoms with Crippen molar-refractivity contribution in [2.45, 2.75) is 107 Å². The lowest BCUT2D eigenvalue weighted by molar-refractivity contribution is -0.140. The van der Waals surface area contributed by atoms with Gasteiger partial charge in [-0.15, -0.1) is 0 Å². The third-order valence-corrected chi connectivity index (χ3v) is 10.2. The fraction of sp³-hybridized carbons (Fsp3) is 0.390. The summed E-state index contributed by atoms with van der Waals surface area (Å²) in [7, 11) is -2.39. The molecule has 7 heteroatoms. The van der Waals surface area contributed by atoms with Crippen LogP contribution in [-0.4, -0.2) is 31.7 Å². The van der Waals surface area contributed by atoms with Crippen molar-refractivity contribution < 1.29 is 28.2 Å². The summed E-state index contributed by atoms with van der Waals surface area (Å²) in [4.78, 5) is 11.0. The number of benzene rings is 4. The van der Waals surface area contributed by atoms with Gasteiger partial charge in [-0.2, -0.15) is 0 Å². The molecule has 0 aliphatic carbocycles. The topological polar surface area (TPSA) is 101 Å². The standard InChI is InChI=1S/C24H18O4S.C17H34O2/c25-23-13-11-19(15-21(23)17-7-3-1-4-8-17)29(27,28)20-12-14-24(26)22(16-20)18-9-5-2-6-10-18;1-3-4-5-6-7-8-9-10-11-12-13-14-15-16-17(18)19-2/h1-16,25-26H;3-16H2,1-2H3. The van der Waals surface area contributed by atoms with Gasteiger partial charge >= 0.3 is 5.97 Å². The second-order valence-corrected chi connectivity index (χ2v) is 14.1. The van der Waals surface area contributed by atoms with E-state index in [1.54, 1.807) is 24.3 Å². The van der Waals surface area contributed by atoms with Crippen molar-refractivity contribution in [2.75, 3.05) is 7.11 Å². The Morgan fingerprint density at radius 3 is 1.31 bits per heavy atom. The lowest BCUT2D eigenvalue weighted by Gasteiger charge is -2.11. The number of carbonyl (C=O) groups excluding carboxylic acids is 1. The Bertz CT molecular complexity index is 1520. The number of ether oxygens (including phenoxy) is 1. The third-order valence-electron chi connectivity index (χ3n) is 8.44. The summed E-state index contributed by atoms with van der Waals surface area (Å²) in [6.07, 6.45) is 18.0. The molecular formula is C41H52O6S. The summed E-state index contributed by atoms with van der Waals surface area (Å²) in [5.74, 6) is -0.0558. The van der Waals surface area contributed by atoms with E-state index in [0.717, 1.165) is 17.5 Å². The Balaban J connectivity index is 0.000000288. The molecule has 2 N–H and O–H groups in total. The molecular weight excluding hydrogens is 621 g/mol. The Kier molecular flexibility index (Phi) is 16.8. The molecule has 0 aliphatic rings. The predicted octanol–water partition coefficient (Wildman–Crippen LogP) is 10.9. The molecule has 0 unspecified atom stereocenters. The number of esters is 1. The van der Waals surface area contributed by atoms with Crippen molar-refractivity contribution in [3.63, 3.8) is 0 Å². The molecule has 4 rings (SSSR count). The summed E-state index contributed by atoms with van der Waals surface area (Å²) >= 11 is 0. The minimum Gasteiger partial charge on any atom is -0.507 e. The maximum absolute atomic E-state index is 13.3. The predicted molar refractivity (Wildman–Crippen MR) is 195 cm³/mol. The van der Waals surface area contributed by atoms with Gasteiger partial charge in [0.2, 0.25) is 9.84 Å². The van der Waals surface area contributed by atoms with Gasteiger partial charge in [0, 0.05) is 17.5 Å². The number of rotatable bonds is 18. The zero-order valence-electron chi connectivity index (χ0n) is 28.6. The smallest absolute Gasteiger partial charge is 0.305 e. The number of sulfone groups is 1. The van der Waals surface area contributed by atoms with Gasteiger partial charge < -0.3 is 14.9 Å². The van der Waals surface area contributed by atoms with Crippen molar-refractivity contribution >= 4 is 15.8 Å². The van der Waals surface area contributed by atoms with E-state index >= 15 is 0 Å². The largest absolute Gasteiger partial charge is 0.507 e. The fourth-order valence-corrected chi connectivity index (χ4v) is 6.90. The number of hydrogen-bond acceptors (Lipinski definition) is 6. The van der Waals surface area contributed by atoms with Crippen LogP contribution < -0.4 is 0 Å². The molecule has 48 heavy (non-hydrogen) atoms. The zero-order chi connectivity index (χ0) is 34.6. The number of phenols is 2. The highest BCUT2D eigenvalue weighted by molar-refractivity contribution is 7.91. The first-order valence-corrected chi connectivity index (χ1v) is 18.8. The van der Waals surface area contributed by atoms with Crippen LogP contribution in [0, 0.1) is 0 Å². The number of unbranched alkanes of at least 4 members (excludes halogenated alkanes) is 12. The number of aromatic hydroxyl groups is 2. The molecule has 0 atom stereocenters. The molecule has 0 saturated heterocycles. The monoisotopic (exact) mass is 672 g/mol. The number of carbonyl (C=O) groups is 1. The van der Waals surface area contributed by atoms with Crippen molar-refractivity contribution in [1.29, 1.82) is 0 Å². The highest BCUT2D eigenvalue weighted by Crippen LogP contribution is 2.36. The van der Waals surface area contributed by atoms with Gasteiger partial charge in [-0.25, -0.2) is 8.42 Å². The van der Waals surface area contributed by atoms with Crippen LogP contribution in [0.4, 0.5) is 0 Å². The lowest BCUT2D eigenvalue weighted by Crippen LogP contribution is -2.02. The summed E-state index contributed by atoms with van der Waals surface area (Å²) < 4.78 is 31.1. The summed E-state index contributed by atoms with van der Waals surface area (Å²) in [5.41, 5.74) is 2.32. The molecule has 0 fully saturated rings. The van der Waals surface area contributed by atoms with Crippen molar-refractivity contribution in [3.8, 4) is 33.8 Å². The maximum atomic E-state index is 13.3. The highest BCUT2D eigenvalue weighted by atomic mass is 32.2. The van der Waals surface area contributed by atoms with Gasteiger partial charge in [0.25, 0.3) is 0 Å². The molecule has 0 bridgehead atoms. The van der Waals surface area contributed by atoms with Gasteiger partial charge in [0.1, 0.15) is 11.5 Å². The van der Waals surface area contributed by atoms with Crippen molar-refractivity contribution in [1.82, 2.24) is 0 Å². The van der Waals surface area contributed by atoms with Gasteiger partial charge in [-0.3, -0.25) is 4.79 Å². The van der Waals surface area contributed by atoms with E-state index < -0.39 is 9.84 Å². The van der Waals surface area contributed by atoms with E-state index in [1.807, 2.05) is 36.4 Å². The van der Waals surface area contributed by atoms with Crippen LogP contribution in [0.3, 0.4) is 0 Å². The molecule has 0 saturated carbocycles. The number of methoxy groups -OCH3 is 1. The van der Waals surface area contributed by atoms with Crippen molar-refractivity contribution in [3.05, 3.63) is 97.1 Å². The quantitative estimate of drug-likeness (QED) is 0.0806. The minimum atomic E-state index is -3.86. The van der Waals surface area contributed by atoms with E-state index in [1.165, 1.54) is 121 Å². The van der Waals surface area contributed by atoms with Crippen LogP contribution >= 0.6 is 0 Å². The van der Waals surface area contributed by atoms with Crippen LogP contribution in [0.5, 0.6) is 11.5 Å². The van der Waals surface area contributed by atoms with E-state index in [9.17, 15) is 23.4 Å². The molecule has 0 heterocycles. The average molecular weight is 673 g/mol. The lowest BCUT2D eigenvalue weighted by atomic mass is 10.0. The first-order chi connectivity index (χ1) is 23.3. The van der Waals surface area contributed by atoms with E-state index in [4.69, 9.17) is 0 Å². The zero-order valence-corrected chi connectivity index (χ0v) is 29.4. The molecule has 0 spiro atoms. The first-order valence-electron chi connectivity index (χ1n) is 17.4. The van der Waals surface area contributed by atoms with Crippen LogP contribution in [0.25, 0.3) is 22.3 Å². The van der Waals surface area contributed by atoms with Crippen LogP contribution in [0.1, 0.15) is 96.8 Å². The number of hydrogen-bond donors (Lipinski definition) is 2. The van der Waals surface area contributed by atoms with Crippen LogP contribution in [-0.2, 0) is 19.4 Å². The molecule has 4 aromatic rings. The SMILES string of the molecule is CCCCCCCCCCCCCCCC(=O)OC.O=S(=O)(c1ccc(O)c(-c2ccccc2)c1)c1ccc(O)c(-c2ccccc2)c1. The Labute approximate surface area is 287 Å². The van der Waals surface area contributed by atoms with Gasteiger partial charge in [0.05, 0.1) is 16.9 Å². The van der Waals surface area contributed by atoms with Gasteiger partial charge in [-0.1, -0.05) is 145 Å². The first kappa shape index (κ1) is 38.3. The molecule has 0 aromatic heterocycles. The second-order valence-electron chi connectivity index (χ2n) is 12.2. The normalized spacial score (nSPS) is 11.0. The summed E-state index contributed by atoms with van der Waals surface area (Å²) in [6.45, 7) is 2.27. The van der Waals surface area contributed by atoms with Gasteiger partial charge in [-0.05, 0) is 53.9 Å².